The number of rotatable bonds is 4. The Labute approximate surface area is 179 Å². The number of carbonyl (C=O) groups excluding carboxylic acids is 2. The van der Waals surface area contributed by atoms with Crippen molar-refractivity contribution in [2.75, 3.05) is 31.5 Å². The van der Waals surface area contributed by atoms with Crippen LogP contribution < -0.4 is 5.32 Å². The molecule has 1 aromatic rings. The van der Waals surface area contributed by atoms with E-state index in [-0.39, 0.29) is 22.6 Å². The zero-order valence-corrected chi connectivity index (χ0v) is 19.0. The highest BCUT2D eigenvalue weighted by Crippen LogP contribution is 2.25. The predicted octanol–water partition coefficient (Wildman–Crippen LogP) is 3.08. The minimum Gasteiger partial charge on any atom is -0.342 e. The van der Waals surface area contributed by atoms with Crippen molar-refractivity contribution in [3.05, 3.63) is 24.3 Å². The summed E-state index contributed by atoms with van der Waals surface area (Å²) >= 11 is 0. The number of nitrogens with zero attached hydrogens (tertiary/aromatic N) is 2. The van der Waals surface area contributed by atoms with Gasteiger partial charge in [-0.15, -0.1) is 0 Å². The molecule has 0 bridgehead atoms. The van der Waals surface area contributed by atoms with Crippen molar-refractivity contribution in [1.82, 2.24) is 9.21 Å². The van der Waals surface area contributed by atoms with Crippen LogP contribution in [0.25, 0.3) is 0 Å². The molecule has 2 aliphatic heterocycles. The maximum Gasteiger partial charge on any atom is 0.243 e. The molecule has 1 N–H and O–H groups in total. The van der Waals surface area contributed by atoms with Gasteiger partial charge in [0.25, 0.3) is 0 Å². The van der Waals surface area contributed by atoms with E-state index in [1.54, 1.807) is 24.3 Å². The van der Waals surface area contributed by atoms with E-state index < -0.39 is 15.4 Å². The molecule has 2 fully saturated rings. The van der Waals surface area contributed by atoms with E-state index in [9.17, 15) is 18.0 Å². The average Bonchev–Trinajstić information content (AvgIpc) is 2.73. The van der Waals surface area contributed by atoms with E-state index in [0.29, 0.717) is 44.7 Å². The summed E-state index contributed by atoms with van der Waals surface area (Å²) in [5, 5.41) is 2.89. The highest BCUT2D eigenvalue weighted by atomic mass is 32.2. The number of piperidine rings is 2. The summed E-state index contributed by atoms with van der Waals surface area (Å²) in [4.78, 5) is 27.1. The molecule has 8 heteroatoms. The van der Waals surface area contributed by atoms with Gasteiger partial charge in [0.05, 0.1) is 4.90 Å². The van der Waals surface area contributed by atoms with Crippen molar-refractivity contribution >= 4 is 27.5 Å². The smallest absolute Gasteiger partial charge is 0.243 e. The van der Waals surface area contributed by atoms with E-state index in [0.717, 1.165) is 19.3 Å². The van der Waals surface area contributed by atoms with Crippen LogP contribution in [-0.2, 0) is 19.6 Å². The Morgan fingerprint density at radius 2 is 1.50 bits per heavy atom. The molecule has 166 valence electrons. The first-order valence-electron chi connectivity index (χ1n) is 10.8. The van der Waals surface area contributed by atoms with Gasteiger partial charge in [0.1, 0.15) is 0 Å². The summed E-state index contributed by atoms with van der Waals surface area (Å²) in [5.41, 5.74) is 0.177. The second-order valence-electron chi connectivity index (χ2n) is 9.29. The Kier molecular flexibility index (Phi) is 6.87. The number of nitrogens with one attached hydrogen (secondary N) is 1. The first-order chi connectivity index (χ1) is 14.1. The quantitative estimate of drug-likeness (QED) is 0.787. The maximum atomic E-state index is 12.7. The Bertz CT molecular complexity index is 861. The average molecular weight is 436 g/mol. The van der Waals surface area contributed by atoms with Gasteiger partial charge in [-0.3, -0.25) is 9.59 Å². The highest BCUT2D eigenvalue weighted by molar-refractivity contribution is 7.89. The van der Waals surface area contributed by atoms with Gasteiger partial charge in [-0.2, -0.15) is 4.31 Å². The van der Waals surface area contributed by atoms with Crippen LogP contribution in [0.1, 0.15) is 52.9 Å². The van der Waals surface area contributed by atoms with E-state index in [2.05, 4.69) is 5.32 Å². The lowest BCUT2D eigenvalue weighted by Gasteiger charge is -2.35. The molecule has 0 radical (unpaired) electrons. The standard InChI is InChI=1S/C22H33N3O4S/c1-22(2,3)21(27)24-15-11-17(12-16-24)20(26)23-18-7-9-19(10-8-18)30(28,29)25-13-5-4-6-14-25/h7-10,17H,4-6,11-16H2,1-3H3,(H,23,26). The van der Waals surface area contributed by atoms with Gasteiger partial charge in [0.2, 0.25) is 21.8 Å². The van der Waals surface area contributed by atoms with Gasteiger partial charge < -0.3 is 10.2 Å². The molecule has 2 amide bonds. The van der Waals surface area contributed by atoms with E-state index >= 15 is 0 Å². The Morgan fingerprint density at radius 3 is 2.03 bits per heavy atom. The summed E-state index contributed by atoms with van der Waals surface area (Å²) in [5.74, 6) is -0.109. The fourth-order valence-electron chi connectivity index (χ4n) is 4.03. The number of benzene rings is 1. The number of sulfonamides is 1. The minimum atomic E-state index is -3.47. The zero-order chi connectivity index (χ0) is 21.9. The van der Waals surface area contributed by atoms with Crippen molar-refractivity contribution in [2.24, 2.45) is 11.3 Å². The lowest BCUT2D eigenvalue weighted by molar-refractivity contribution is -0.142. The van der Waals surface area contributed by atoms with Crippen molar-refractivity contribution < 1.29 is 18.0 Å². The third kappa shape index (κ3) is 5.21. The second kappa shape index (κ2) is 9.06. The molecule has 0 aromatic heterocycles. The molecule has 7 nitrogen and oxygen atoms in total. The molecule has 30 heavy (non-hydrogen) atoms. The van der Waals surface area contributed by atoms with Crippen LogP contribution in [0.15, 0.2) is 29.2 Å². The number of hydrogen-bond acceptors (Lipinski definition) is 4. The third-order valence-electron chi connectivity index (χ3n) is 5.87. The Morgan fingerprint density at radius 1 is 0.933 bits per heavy atom. The predicted molar refractivity (Wildman–Crippen MR) is 116 cm³/mol. The molecule has 3 rings (SSSR count). The highest BCUT2D eigenvalue weighted by Gasteiger charge is 2.32. The van der Waals surface area contributed by atoms with Crippen LogP contribution in [0.4, 0.5) is 5.69 Å². The molecule has 2 aliphatic rings. The third-order valence-corrected chi connectivity index (χ3v) is 7.78. The molecular weight excluding hydrogens is 402 g/mol. The molecule has 0 unspecified atom stereocenters. The van der Waals surface area contributed by atoms with Crippen LogP contribution in [-0.4, -0.2) is 55.6 Å². The molecule has 0 saturated carbocycles. The largest absolute Gasteiger partial charge is 0.342 e. The summed E-state index contributed by atoms with van der Waals surface area (Å²) < 4.78 is 27.0. The summed E-state index contributed by atoms with van der Waals surface area (Å²) in [6.45, 7) is 8.02. The fourth-order valence-corrected chi connectivity index (χ4v) is 5.55. The van der Waals surface area contributed by atoms with Crippen LogP contribution in [0, 0.1) is 11.3 Å². The monoisotopic (exact) mass is 435 g/mol. The molecular formula is C22H33N3O4S. The first-order valence-corrected chi connectivity index (χ1v) is 12.2. The molecule has 1 aromatic carbocycles. The van der Waals surface area contributed by atoms with Gasteiger partial charge in [-0.1, -0.05) is 27.2 Å². The van der Waals surface area contributed by atoms with Crippen LogP contribution in [0.3, 0.4) is 0 Å². The van der Waals surface area contributed by atoms with E-state index in [4.69, 9.17) is 0 Å². The van der Waals surface area contributed by atoms with Crippen LogP contribution in [0.2, 0.25) is 0 Å². The number of likely N-dealkylation sites (tertiary alicyclic amines) is 1. The number of anilines is 1. The van der Waals surface area contributed by atoms with Crippen molar-refractivity contribution in [2.45, 2.75) is 57.8 Å². The topological polar surface area (TPSA) is 86.8 Å². The maximum absolute atomic E-state index is 12.7. The molecule has 0 aliphatic carbocycles. The summed E-state index contributed by atoms with van der Waals surface area (Å²) in [7, 11) is -3.47. The Hall–Kier alpha value is -1.93. The van der Waals surface area contributed by atoms with Gasteiger partial charge >= 0.3 is 0 Å². The first kappa shape index (κ1) is 22.7. The molecule has 0 atom stereocenters. The molecule has 2 heterocycles. The van der Waals surface area contributed by atoms with Crippen molar-refractivity contribution in [3.8, 4) is 0 Å². The Balaban J connectivity index is 1.56. The summed E-state index contributed by atoms with van der Waals surface area (Å²) in [6, 6.07) is 6.41. The number of carbonyl (C=O) groups is 2. The summed E-state index contributed by atoms with van der Waals surface area (Å²) in [6.07, 6.45) is 4.13. The SMILES string of the molecule is CC(C)(C)C(=O)N1CCC(C(=O)Nc2ccc(S(=O)(=O)N3CCCCC3)cc2)CC1. The molecule has 0 spiro atoms. The fraction of sp³-hybridized carbons (Fsp3) is 0.636. The van der Waals surface area contributed by atoms with Crippen LogP contribution >= 0.6 is 0 Å². The van der Waals surface area contributed by atoms with Gasteiger partial charge in [0, 0.05) is 43.2 Å². The van der Waals surface area contributed by atoms with Gasteiger partial charge in [0.15, 0.2) is 0 Å². The number of hydrogen-bond donors (Lipinski definition) is 1. The van der Waals surface area contributed by atoms with Crippen LogP contribution in [0.5, 0.6) is 0 Å². The van der Waals surface area contributed by atoms with Gasteiger partial charge in [-0.05, 0) is 49.9 Å². The lowest BCUT2D eigenvalue weighted by atomic mass is 9.90. The lowest BCUT2D eigenvalue weighted by Crippen LogP contribution is -2.45. The van der Waals surface area contributed by atoms with Crippen molar-refractivity contribution in [3.63, 3.8) is 0 Å². The normalized spacial score (nSPS) is 19.5. The van der Waals surface area contributed by atoms with E-state index in [1.807, 2.05) is 25.7 Å². The van der Waals surface area contributed by atoms with Crippen molar-refractivity contribution in [1.29, 1.82) is 0 Å². The van der Waals surface area contributed by atoms with Gasteiger partial charge in [-0.25, -0.2) is 8.42 Å². The number of amides is 2. The second-order valence-corrected chi connectivity index (χ2v) is 11.2. The van der Waals surface area contributed by atoms with E-state index in [1.165, 1.54) is 4.31 Å². The molecule has 2 saturated heterocycles. The zero-order valence-electron chi connectivity index (χ0n) is 18.2. The minimum absolute atomic E-state index is 0.0792.